The molecule has 8 nitrogen and oxygen atoms in total. The molecule has 4 aromatic rings. The predicted molar refractivity (Wildman–Crippen MR) is 128 cm³/mol. The monoisotopic (exact) mass is 454 g/mol. The summed E-state index contributed by atoms with van der Waals surface area (Å²) in [6, 6.07) is 26.0. The summed E-state index contributed by atoms with van der Waals surface area (Å²) in [6.07, 6.45) is 0.515. The van der Waals surface area contributed by atoms with Gasteiger partial charge in [0.05, 0.1) is 11.0 Å². The van der Waals surface area contributed by atoms with Gasteiger partial charge in [-0.25, -0.2) is 4.68 Å². The average Bonchev–Trinajstić information content (AvgIpc) is 2.85. The van der Waals surface area contributed by atoms with E-state index < -0.39 is 22.3 Å². The summed E-state index contributed by atoms with van der Waals surface area (Å²) in [7, 11) is 0. The molecule has 1 atom stereocenters. The highest BCUT2D eigenvalue weighted by Crippen LogP contribution is 2.23. The molecule has 0 aliphatic rings. The summed E-state index contributed by atoms with van der Waals surface area (Å²) < 4.78 is 1.25. The molecule has 8 heteroatoms. The highest BCUT2D eigenvalue weighted by atomic mass is 16.6. The molecule has 1 N–H and O–H groups in total. The quantitative estimate of drug-likeness (QED) is 0.333. The van der Waals surface area contributed by atoms with Gasteiger partial charge in [0.25, 0.3) is 11.6 Å². The number of nitrogens with zero attached hydrogens (tertiary/aromatic N) is 3. The Balaban J connectivity index is 1.71. The molecule has 0 aliphatic carbocycles. The molecule has 0 fully saturated rings. The molecule has 3 aromatic carbocycles. The van der Waals surface area contributed by atoms with Crippen LogP contribution in [0.25, 0.3) is 5.69 Å². The predicted octanol–water partition coefficient (Wildman–Crippen LogP) is 4.16. The molecule has 1 unspecified atom stereocenters. The van der Waals surface area contributed by atoms with Gasteiger partial charge in [-0.15, -0.1) is 0 Å². The van der Waals surface area contributed by atoms with Crippen LogP contribution in [-0.2, 0) is 6.42 Å². The first-order chi connectivity index (χ1) is 16.4. The Morgan fingerprint density at radius 2 is 1.62 bits per heavy atom. The molecule has 0 spiro atoms. The lowest BCUT2D eigenvalue weighted by Crippen LogP contribution is -2.35. The van der Waals surface area contributed by atoms with Crippen molar-refractivity contribution in [3.63, 3.8) is 0 Å². The lowest BCUT2D eigenvalue weighted by Gasteiger charge is -2.20. The minimum Gasteiger partial charge on any atom is -0.343 e. The summed E-state index contributed by atoms with van der Waals surface area (Å²) in [5, 5.41) is 18.6. The lowest BCUT2D eigenvalue weighted by molar-refractivity contribution is -0.384. The van der Waals surface area contributed by atoms with Crippen molar-refractivity contribution in [3.8, 4) is 5.69 Å². The minimum absolute atomic E-state index is 0.169. The van der Waals surface area contributed by atoms with Gasteiger partial charge in [0.15, 0.2) is 5.69 Å². The maximum absolute atomic E-state index is 13.2. The Bertz CT molecular complexity index is 1390. The van der Waals surface area contributed by atoms with Gasteiger partial charge < -0.3 is 5.32 Å². The molecule has 0 radical (unpaired) electrons. The number of benzene rings is 3. The molecule has 4 rings (SSSR count). The molecule has 34 heavy (non-hydrogen) atoms. The second-order valence-electron chi connectivity index (χ2n) is 7.78. The molecule has 1 amide bonds. The zero-order valence-electron chi connectivity index (χ0n) is 18.4. The number of hydrogen-bond acceptors (Lipinski definition) is 5. The van der Waals surface area contributed by atoms with Crippen LogP contribution in [0, 0.1) is 17.0 Å². The minimum atomic E-state index is -0.651. The van der Waals surface area contributed by atoms with Crippen LogP contribution in [0.3, 0.4) is 0 Å². The molecular formula is C26H22N4O4. The van der Waals surface area contributed by atoms with Gasteiger partial charge in [-0.3, -0.25) is 19.7 Å². The number of rotatable bonds is 7. The van der Waals surface area contributed by atoms with Crippen LogP contribution in [0.2, 0.25) is 0 Å². The van der Waals surface area contributed by atoms with Crippen LogP contribution in [0.15, 0.2) is 95.8 Å². The molecular weight excluding hydrogens is 432 g/mol. The van der Waals surface area contributed by atoms with Crippen molar-refractivity contribution in [3.05, 3.63) is 134 Å². The van der Waals surface area contributed by atoms with Gasteiger partial charge in [-0.05, 0) is 30.5 Å². The normalized spacial score (nSPS) is 11.6. The summed E-state index contributed by atoms with van der Waals surface area (Å²) in [5.74, 6) is -0.651. The second-order valence-corrected chi connectivity index (χ2v) is 7.78. The largest absolute Gasteiger partial charge is 0.343 e. The van der Waals surface area contributed by atoms with E-state index in [4.69, 9.17) is 0 Å². The number of aromatic nitrogens is 2. The Labute approximate surface area is 195 Å². The van der Waals surface area contributed by atoms with Crippen molar-refractivity contribution in [1.29, 1.82) is 0 Å². The molecule has 0 saturated heterocycles. The zero-order valence-corrected chi connectivity index (χ0v) is 18.4. The van der Waals surface area contributed by atoms with E-state index in [0.717, 1.165) is 11.1 Å². The average molecular weight is 454 g/mol. The highest BCUT2D eigenvalue weighted by molar-refractivity contribution is 5.92. The molecule has 1 aromatic heterocycles. The van der Waals surface area contributed by atoms with Gasteiger partial charge in [0.1, 0.15) is 5.69 Å². The van der Waals surface area contributed by atoms with Crippen LogP contribution in [0.4, 0.5) is 5.69 Å². The third-order valence-corrected chi connectivity index (χ3v) is 5.42. The van der Waals surface area contributed by atoms with Gasteiger partial charge in [0.2, 0.25) is 5.43 Å². The van der Waals surface area contributed by atoms with Gasteiger partial charge in [-0.2, -0.15) is 5.10 Å². The zero-order chi connectivity index (χ0) is 24.1. The van der Waals surface area contributed by atoms with Crippen LogP contribution in [-0.4, -0.2) is 20.6 Å². The van der Waals surface area contributed by atoms with Gasteiger partial charge in [0, 0.05) is 17.8 Å². The molecule has 170 valence electrons. The number of aryl methyl sites for hydroxylation is 1. The van der Waals surface area contributed by atoms with Crippen LogP contribution >= 0.6 is 0 Å². The number of amides is 1. The van der Waals surface area contributed by atoms with Gasteiger partial charge >= 0.3 is 0 Å². The Kier molecular flexibility index (Phi) is 6.59. The Morgan fingerprint density at radius 3 is 2.29 bits per heavy atom. The van der Waals surface area contributed by atoms with Crippen LogP contribution < -0.4 is 10.7 Å². The van der Waals surface area contributed by atoms with E-state index in [1.165, 1.54) is 22.9 Å². The van der Waals surface area contributed by atoms with E-state index in [-0.39, 0.29) is 17.1 Å². The third-order valence-electron chi connectivity index (χ3n) is 5.42. The maximum Gasteiger partial charge on any atom is 0.294 e. The highest BCUT2D eigenvalue weighted by Gasteiger charge is 2.23. The van der Waals surface area contributed by atoms with Crippen LogP contribution in [0.5, 0.6) is 0 Å². The first-order valence-electron chi connectivity index (χ1n) is 10.7. The molecule has 0 bridgehead atoms. The van der Waals surface area contributed by atoms with E-state index in [2.05, 4.69) is 10.4 Å². The Hall–Kier alpha value is -4.59. The van der Waals surface area contributed by atoms with E-state index in [1.807, 2.05) is 60.7 Å². The fourth-order valence-electron chi connectivity index (χ4n) is 3.76. The lowest BCUT2D eigenvalue weighted by atomic mass is 9.98. The number of para-hydroxylation sites is 2. The van der Waals surface area contributed by atoms with E-state index in [1.54, 1.807) is 19.1 Å². The number of nitro benzene ring substituents is 1. The summed E-state index contributed by atoms with van der Waals surface area (Å²) in [5.41, 5.74) is 1.37. The third kappa shape index (κ3) is 4.91. The SMILES string of the molecule is Cc1cc(=O)c(C(=O)NC(Cc2ccccc2)c2ccccc2)nn1-c1ccccc1[N+](=O)[O-]. The molecule has 0 saturated carbocycles. The number of nitrogens with one attached hydrogen (secondary N) is 1. The first-order valence-corrected chi connectivity index (χ1v) is 10.7. The van der Waals surface area contributed by atoms with E-state index >= 15 is 0 Å². The summed E-state index contributed by atoms with van der Waals surface area (Å²) in [6.45, 7) is 1.61. The topological polar surface area (TPSA) is 107 Å². The molecule has 1 heterocycles. The van der Waals surface area contributed by atoms with Crippen molar-refractivity contribution < 1.29 is 9.72 Å². The van der Waals surface area contributed by atoms with Crippen molar-refractivity contribution in [1.82, 2.24) is 15.1 Å². The maximum atomic E-state index is 13.2. The number of hydrogen-bond donors (Lipinski definition) is 1. The number of nitro groups is 1. The first kappa shape index (κ1) is 22.6. The number of carbonyl (C=O) groups excluding carboxylic acids is 1. The van der Waals surface area contributed by atoms with Crippen LogP contribution in [0.1, 0.15) is 33.4 Å². The van der Waals surface area contributed by atoms with Gasteiger partial charge in [-0.1, -0.05) is 72.8 Å². The summed E-state index contributed by atoms with van der Waals surface area (Å²) >= 11 is 0. The second kappa shape index (κ2) is 9.91. The molecule has 0 aliphatic heterocycles. The van der Waals surface area contributed by atoms with E-state index in [9.17, 15) is 19.7 Å². The smallest absolute Gasteiger partial charge is 0.294 e. The Morgan fingerprint density at radius 1 is 1.00 bits per heavy atom. The van der Waals surface area contributed by atoms with Crippen molar-refractivity contribution in [2.75, 3.05) is 0 Å². The standard InChI is InChI=1S/C26H22N4O4/c1-18-16-24(31)25(28-29(18)22-14-8-9-15-23(22)30(33)34)26(32)27-21(20-12-6-3-7-13-20)17-19-10-4-2-5-11-19/h2-16,21H,17H2,1H3,(H,27,32). The number of carbonyl (C=O) groups is 1. The fourth-order valence-corrected chi connectivity index (χ4v) is 3.76. The fraction of sp³-hybridized carbons (Fsp3) is 0.115. The van der Waals surface area contributed by atoms with Crippen molar-refractivity contribution in [2.45, 2.75) is 19.4 Å². The van der Waals surface area contributed by atoms with Crippen molar-refractivity contribution >= 4 is 11.6 Å². The summed E-state index contributed by atoms with van der Waals surface area (Å²) in [4.78, 5) is 36.9. The van der Waals surface area contributed by atoms with E-state index in [0.29, 0.717) is 12.1 Å². The van der Waals surface area contributed by atoms with Crippen molar-refractivity contribution in [2.24, 2.45) is 0 Å².